The Balaban J connectivity index is 1.28. The third kappa shape index (κ3) is 6.86. The second kappa shape index (κ2) is 13.1. The van der Waals surface area contributed by atoms with Gasteiger partial charge in [0, 0.05) is 16.7 Å². The monoisotopic (exact) mass is 570 g/mol. The number of benzene rings is 3. The van der Waals surface area contributed by atoms with Gasteiger partial charge in [-0.05, 0) is 73.1 Å². The second-order valence-corrected chi connectivity index (χ2v) is 11.3. The van der Waals surface area contributed by atoms with Gasteiger partial charge in [-0.2, -0.15) is 5.26 Å². The molecule has 1 heterocycles. The van der Waals surface area contributed by atoms with Crippen LogP contribution < -0.4 is 19.9 Å². The summed E-state index contributed by atoms with van der Waals surface area (Å²) in [5, 5.41) is 10.6. The zero-order chi connectivity index (χ0) is 28.8. The van der Waals surface area contributed by atoms with Crippen LogP contribution in [0.3, 0.4) is 0 Å². The Morgan fingerprint density at radius 1 is 1.02 bits per heavy atom. The normalized spacial score (nSPS) is 20.0. The zero-order valence-corrected chi connectivity index (χ0v) is 24.0. The Morgan fingerprint density at radius 2 is 1.73 bits per heavy atom. The Hall–Kier alpha value is -3.95. The predicted octanol–water partition coefficient (Wildman–Crippen LogP) is 8.04. The number of nitrogens with two attached hydrogens (primary N) is 1. The number of halogens is 1. The molecule has 1 fully saturated rings. The van der Waals surface area contributed by atoms with Gasteiger partial charge in [-0.3, -0.25) is 4.79 Å². The van der Waals surface area contributed by atoms with Crippen LogP contribution in [0.1, 0.15) is 74.5 Å². The van der Waals surface area contributed by atoms with E-state index in [1.807, 2.05) is 54.6 Å². The molecule has 3 aromatic carbocycles. The number of carbonyl (C=O) groups excluding carboxylic acids is 1. The van der Waals surface area contributed by atoms with Crippen LogP contribution in [0.25, 0.3) is 0 Å². The van der Waals surface area contributed by atoms with Crippen LogP contribution in [0, 0.1) is 23.2 Å². The molecule has 7 heteroatoms. The summed E-state index contributed by atoms with van der Waals surface area (Å²) in [5.41, 5.74) is 9.19. The molecular formula is C34H35ClN2O4. The fourth-order valence-corrected chi connectivity index (χ4v) is 5.85. The first-order valence-corrected chi connectivity index (χ1v) is 14.7. The maximum Gasteiger partial charge on any atom is 0.314 e. The molecule has 1 aliphatic heterocycles. The summed E-state index contributed by atoms with van der Waals surface area (Å²) in [6.45, 7) is 2.63. The first-order valence-electron chi connectivity index (χ1n) is 14.4. The molecule has 3 aromatic rings. The number of ether oxygens (including phenoxy) is 3. The molecule has 0 radical (unpaired) electrons. The number of allylic oxidation sites excluding steroid dienone is 1. The average Bonchev–Trinajstić information content (AvgIpc) is 2.99. The summed E-state index contributed by atoms with van der Waals surface area (Å²) in [6, 6.07) is 22.6. The summed E-state index contributed by atoms with van der Waals surface area (Å²) >= 11 is 5.96. The van der Waals surface area contributed by atoms with E-state index < -0.39 is 5.92 Å². The zero-order valence-electron chi connectivity index (χ0n) is 23.3. The van der Waals surface area contributed by atoms with E-state index in [1.54, 1.807) is 12.1 Å². The smallest absolute Gasteiger partial charge is 0.314 e. The van der Waals surface area contributed by atoms with Crippen molar-refractivity contribution in [2.45, 2.75) is 64.4 Å². The highest BCUT2D eigenvalue weighted by atomic mass is 35.5. The van der Waals surface area contributed by atoms with Gasteiger partial charge < -0.3 is 19.9 Å². The molecule has 1 unspecified atom stereocenters. The Labute approximate surface area is 246 Å². The summed E-state index contributed by atoms with van der Waals surface area (Å²) in [6.07, 6.45) is 7.62. The van der Waals surface area contributed by atoms with Crippen molar-refractivity contribution < 1.29 is 19.0 Å². The van der Waals surface area contributed by atoms with Crippen LogP contribution in [-0.4, -0.2) is 5.97 Å². The third-order valence-electron chi connectivity index (χ3n) is 8.09. The molecule has 41 heavy (non-hydrogen) atoms. The number of hydrogen-bond donors (Lipinski definition) is 1. The van der Waals surface area contributed by atoms with Crippen LogP contribution in [-0.2, 0) is 11.4 Å². The van der Waals surface area contributed by atoms with Crippen molar-refractivity contribution in [2.75, 3.05) is 0 Å². The molecule has 212 valence electrons. The van der Waals surface area contributed by atoms with Crippen molar-refractivity contribution >= 4 is 17.6 Å². The minimum Gasteiger partial charge on any atom is -0.489 e. The molecule has 0 spiro atoms. The van der Waals surface area contributed by atoms with E-state index in [-0.39, 0.29) is 17.8 Å². The van der Waals surface area contributed by atoms with Crippen LogP contribution in [0.5, 0.6) is 17.2 Å². The van der Waals surface area contributed by atoms with Crippen molar-refractivity contribution in [3.05, 3.63) is 99.9 Å². The fraction of sp³-hybridized carbons (Fsp3) is 0.353. The average molecular weight is 571 g/mol. The van der Waals surface area contributed by atoms with Gasteiger partial charge in [0.05, 0.1) is 11.8 Å². The Kier molecular flexibility index (Phi) is 9.16. The summed E-state index contributed by atoms with van der Waals surface area (Å²) in [4.78, 5) is 12.9. The lowest BCUT2D eigenvalue weighted by Crippen LogP contribution is -2.26. The lowest BCUT2D eigenvalue weighted by atomic mass is 9.80. The van der Waals surface area contributed by atoms with E-state index in [1.165, 1.54) is 19.3 Å². The SMILES string of the molecule is CCCCC1CCC(C(=O)Oc2ccc3c(c2)OC(N)=C(C#N)C3c2ccc(OCc3ccc(Cl)cc3)cc2)CC1. The molecule has 5 rings (SSSR count). The van der Waals surface area contributed by atoms with Crippen molar-refractivity contribution in [3.8, 4) is 23.3 Å². The molecule has 1 atom stereocenters. The first kappa shape index (κ1) is 28.6. The molecular weight excluding hydrogens is 536 g/mol. The van der Waals surface area contributed by atoms with Gasteiger partial charge in [-0.15, -0.1) is 0 Å². The largest absolute Gasteiger partial charge is 0.489 e. The minimum absolute atomic E-state index is 0.0435. The van der Waals surface area contributed by atoms with Crippen LogP contribution in [0.4, 0.5) is 0 Å². The Morgan fingerprint density at radius 3 is 2.41 bits per heavy atom. The number of hydrogen-bond acceptors (Lipinski definition) is 6. The van der Waals surface area contributed by atoms with Crippen LogP contribution in [0.2, 0.25) is 5.02 Å². The van der Waals surface area contributed by atoms with Gasteiger partial charge in [-0.1, -0.05) is 68.1 Å². The molecule has 6 nitrogen and oxygen atoms in total. The van der Waals surface area contributed by atoms with Gasteiger partial charge in [0.15, 0.2) is 0 Å². The lowest BCUT2D eigenvalue weighted by Gasteiger charge is -2.28. The Bertz CT molecular complexity index is 1440. The van der Waals surface area contributed by atoms with E-state index >= 15 is 0 Å². The van der Waals surface area contributed by atoms with Gasteiger partial charge in [-0.25, -0.2) is 0 Å². The highest BCUT2D eigenvalue weighted by Gasteiger charge is 2.32. The number of carbonyl (C=O) groups is 1. The first-order chi connectivity index (χ1) is 19.9. The number of nitriles is 1. The lowest BCUT2D eigenvalue weighted by molar-refractivity contribution is -0.140. The highest BCUT2D eigenvalue weighted by molar-refractivity contribution is 6.30. The number of nitrogens with zero attached hydrogens (tertiary/aromatic N) is 1. The highest BCUT2D eigenvalue weighted by Crippen LogP contribution is 2.44. The quantitative estimate of drug-likeness (QED) is 0.207. The van der Waals surface area contributed by atoms with E-state index in [4.69, 9.17) is 31.5 Å². The van der Waals surface area contributed by atoms with Gasteiger partial charge >= 0.3 is 5.97 Å². The van der Waals surface area contributed by atoms with Gasteiger partial charge in [0.25, 0.3) is 0 Å². The molecule has 0 amide bonds. The fourth-order valence-electron chi connectivity index (χ4n) is 5.73. The van der Waals surface area contributed by atoms with E-state index in [9.17, 15) is 10.1 Å². The summed E-state index contributed by atoms with van der Waals surface area (Å²) in [7, 11) is 0. The molecule has 1 aliphatic carbocycles. The molecule has 0 aromatic heterocycles. The van der Waals surface area contributed by atoms with Gasteiger partial charge in [0.1, 0.15) is 35.5 Å². The maximum atomic E-state index is 12.9. The number of unbranched alkanes of at least 4 members (excludes halogenated alkanes) is 1. The second-order valence-electron chi connectivity index (χ2n) is 10.9. The van der Waals surface area contributed by atoms with E-state index in [0.29, 0.717) is 34.5 Å². The predicted molar refractivity (Wildman–Crippen MR) is 159 cm³/mol. The summed E-state index contributed by atoms with van der Waals surface area (Å²) in [5.74, 6) is 1.67. The van der Waals surface area contributed by atoms with E-state index in [2.05, 4.69) is 13.0 Å². The molecule has 2 aliphatic rings. The topological polar surface area (TPSA) is 94.6 Å². The third-order valence-corrected chi connectivity index (χ3v) is 8.34. The van der Waals surface area contributed by atoms with Crippen molar-refractivity contribution in [2.24, 2.45) is 17.6 Å². The molecule has 0 bridgehead atoms. The molecule has 0 saturated heterocycles. The van der Waals surface area contributed by atoms with E-state index in [0.717, 1.165) is 48.3 Å². The number of rotatable bonds is 9. The standard InChI is InChI=1S/C34H35ClN2O4/c1-2-3-4-22-5-9-25(10-6-22)34(38)40-28-17-18-29-31(19-28)41-33(37)30(20-36)32(29)24-11-15-27(16-12-24)39-21-23-7-13-26(35)14-8-23/h7-8,11-19,22,25,32H,2-6,9-10,21,37H2,1H3. The van der Waals surface area contributed by atoms with Crippen LogP contribution >= 0.6 is 11.6 Å². The van der Waals surface area contributed by atoms with Gasteiger partial charge in [0.2, 0.25) is 5.88 Å². The number of fused-ring (bicyclic) bond motifs is 1. The number of esters is 1. The van der Waals surface area contributed by atoms with Crippen LogP contribution in [0.15, 0.2) is 78.2 Å². The maximum absolute atomic E-state index is 12.9. The van der Waals surface area contributed by atoms with Crippen molar-refractivity contribution in [1.29, 1.82) is 5.26 Å². The van der Waals surface area contributed by atoms with Crippen molar-refractivity contribution in [3.63, 3.8) is 0 Å². The van der Waals surface area contributed by atoms with Crippen molar-refractivity contribution in [1.82, 2.24) is 0 Å². The molecule has 2 N–H and O–H groups in total. The summed E-state index contributed by atoms with van der Waals surface area (Å²) < 4.78 is 17.5. The molecule has 1 saturated carbocycles. The minimum atomic E-state index is -0.419.